The molecule has 0 aromatic rings. The molecule has 0 rings (SSSR count). The molecule has 0 saturated heterocycles. The van der Waals surface area contributed by atoms with Crippen molar-refractivity contribution in [2.45, 2.75) is 33.6 Å². The van der Waals surface area contributed by atoms with Gasteiger partial charge in [-0.1, -0.05) is 26.0 Å². The van der Waals surface area contributed by atoms with E-state index in [4.69, 9.17) is 5.11 Å². The van der Waals surface area contributed by atoms with Crippen molar-refractivity contribution in [3.05, 3.63) is 36.1 Å². The maximum atomic E-state index is 11.5. The first kappa shape index (κ1) is 15.7. The van der Waals surface area contributed by atoms with Crippen LogP contribution in [0.1, 0.15) is 33.6 Å². The maximum absolute atomic E-state index is 11.5. The number of hydrogen-bond acceptors (Lipinski definition) is 2. The summed E-state index contributed by atoms with van der Waals surface area (Å²) in [4.78, 5) is 13.2. The molecule has 17 heavy (non-hydrogen) atoms. The van der Waals surface area contributed by atoms with E-state index in [0.29, 0.717) is 6.54 Å². The predicted molar refractivity (Wildman–Crippen MR) is 71.4 cm³/mol. The van der Waals surface area contributed by atoms with Gasteiger partial charge in [-0.05, 0) is 31.1 Å². The molecule has 0 spiro atoms. The average molecular weight is 237 g/mol. The topological polar surface area (TPSA) is 40.5 Å². The summed E-state index contributed by atoms with van der Waals surface area (Å²) in [6.07, 6.45) is 7.29. The van der Waals surface area contributed by atoms with Crippen LogP contribution in [0.25, 0.3) is 0 Å². The Labute approximate surface area is 104 Å². The fourth-order valence-electron chi connectivity index (χ4n) is 1.33. The molecule has 0 aliphatic heterocycles. The van der Waals surface area contributed by atoms with Crippen molar-refractivity contribution in [1.82, 2.24) is 4.90 Å². The second-order valence-electron chi connectivity index (χ2n) is 3.99. The van der Waals surface area contributed by atoms with Gasteiger partial charge in [0.1, 0.15) is 0 Å². The zero-order chi connectivity index (χ0) is 13.3. The highest BCUT2D eigenvalue weighted by molar-refractivity contribution is 5.76. The fraction of sp³-hybridized carbons (Fsp3) is 0.500. The van der Waals surface area contributed by atoms with Crippen molar-refractivity contribution >= 4 is 5.91 Å². The fourth-order valence-corrected chi connectivity index (χ4v) is 1.33. The quantitative estimate of drug-likeness (QED) is 0.691. The summed E-state index contributed by atoms with van der Waals surface area (Å²) in [5.74, 6) is 0.0136. The third-order valence-electron chi connectivity index (χ3n) is 2.42. The monoisotopic (exact) mass is 237 g/mol. The second kappa shape index (κ2) is 8.76. The Kier molecular flexibility index (Phi) is 8.07. The Morgan fingerprint density at radius 2 is 2.00 bits per heavy atom. The van der Waals surface area contributed by atoms with Crippen molar-refractivity contribution in [2.24, 2.45) is 0 Å². The third kappa shape index (κ3) is 6.07. The molecular weight excluding hydrogens is 214 g/mol. The first-order valence-electron chi connectivity index (χ1n) is 5.95. The van der Waals surface area contributed by atoms with Crippen LogP contribution in [0.5, 0.6) is 0 Å². The first-order valence-corrected chi connectivity index (χ1v) is 5.95. The maximum Gasteiger partial charge on any atom is 0.223 e. The second-order valence-corrected chi connectivity index (χ2v) is 3.99. The van der Waals surface area contributed by atoms with Crippen molar-refractivity contribution in [2.75, 3.05) is 13.2 Å². The van der Waals surface area contributed by atoms with Crippen LogP contribution >= 0.6 is 0 Å². The molecule has 0 fully saturated rings. The van der Waals surface area contributed by atoms with E-state index in [1.165, 1.54) is 0 Å². The number of rotatable bonds is 7. The molecule has 3 nitrogen and oxygen atoms in total. The van der Waals surface area contributed by atoms with Crippen molar-refractivity contribution < 1.29 is 9.90 Å². The van der Waals surface area contributed by atoms with Gasteiger partial charge < -0.3 is 10.0 Å². The lowest BCUT2D eigenvalue weighted by Gasteiger charge is -2.21. The lowest BCUT2D eigenvalue weighted by atomic mass is 10.2. The predicted octanol–water partition coefficient (Wildman–Crippen LogP) is 2.64. The van der Waals surface area contributed by atoms with Gasteiger partial charge in [-0.3, -0.25) is 4.79 Å². The minimum Gasteiger partial charge on any atom is -0.392 e. The molecule has 96 valence electrons. The number of aliphatic hydroxyl groups is 1. The molecule has 0 radical (unpaired) electrons. The van der Waals surface area contributed by atoms with Gasteiger partial charge >= 0.3 is 0 Å². The summed E-state index contributed by atoms with van der Waals surface area (Å²) < 4.78 is 0. The summed E-state index contributed by atoms with van der Waals surface area (Å²) in [6, 6.07) is 0. The molecule has 0 bridgehead atoms. The molecule has 0 aromatic carbocycles. The Balaban J connectivity index is 4.89. The molecule has 0 aromatic heterocycles. The minimum atomic E-state index is 0.0136. The smallest absolute Gasteiger partial charge is 0.223 e. The first-order chi connectivity index (χ1) is 8.06. The largest absolute Gasteiger partial charge is 0.392 e. The normalized spacial score (nSPS) is 12.5. The molecule has 0 unspecified atom stereocenters. The lowest BCUT2D eigenvalue weighted by molar-refractivity contribution is -0.126. The van der Waals surface area contributed by atoms with E-state index in [1.807, 2.05) is 13.0 Å². The summed E-state index contributed by atoms with van der Waals surface area (Å²) in [7, 11) is 0. The molecule has 1 amide bonds. The molecule has 0 heterocycles. The van der Waals surface area contributed by atoms with E-state index < -0.39 is 0 Å². The number of carbonyl (C=O) groups is 1. The van der Waals surface area contributed by atoms with E-state index in [9.17, 15) is 4.79 Å². The van der Waals surface area contributed by atoms with Gasteiger partial charge in [0.2, 0.25) is 5.91 Å². The molecule has 3 heteroatoms. The van der Waals surface area contributed by atoms with Crippen LogP contribution in [0.2, 0.25) is 0 Å². The highest BCUT2D eigenvalue weighted by Gasteiger charge is 2.10. The van der Waals surface area contributed by atoms with Crippen molar-refractivity contribution in [3.63, 3.8) is 0 Å². The summed E-state index contributed by atoms with van der Waals surface area (Å²) in [5, 5.41) is 8.91. The average Bonchev–Trinajstić information content (AvgIpc) is 2.32. The standard InChI is InChI=1S/C14H23NO2/c1-5-7-10-15(13(4)17)14(6-2)9-8-12(3)11-16/h6,8-9,16H,2,5,7,10-11H2,1,3-4H3/b12-8+,14-9+. The van der Waals surface area contributed by atoms with Gasteiger partial charge in [0.05, 0.1) is 6.61 Å². The SMILES string of the molecule is C=C/C(=C\C=C(/C)CO)N(CCCC)C(C)=O. The van der Waals surface area contributed by atoms with Crippen molar-refractivity contribution in [3.8, 4) is 0 Å². The van der Waals surface area contributed by atoms with Gasteiger partial charge in [0.15, 0.2) is 0 Å². The number of hydrogen-bond donors (Lipinski definition) is 1. The number of amides is 1. The van der Waals surface area contributed by atoms with E-state index in [0.717, 1.165) is 24.1 Å². The number of carbonyl (C=O) groups excluding carboxylic acids is 1. The summed E-state index contributed by atoms with van der Waals surface area (Å²) in [6.45, 7) is 9.92. The van der Waals surface area contributed by atoms with Crippen molar-refractivity contribution in [1.29, 1.82) is 0 Å². The molecule has 0 aliphatic carbocycles. The molecule has 0 atom stereocenters. The Bertz CT molecular complexity index is 316. The van der Waals surface area contributed by atoms with Crippen LogP contribution in [-0.2, 0) is 4.79 Å². The molecule has 0 saturated carbocycles. The van der Waals surface area contributed by atoms with Crippen LogP contribution in [0.15, 0.2) is 36.1 Å². The summed E-state index contributed by atoms with van der Waals surface area (Å²) in [5.41, 5.74) is 1.63. The van der Waals surface area contributed by atoms with E-state index in [1.54, 1.807) is 24.0 Å². The van der Waals surface area contributed by atoms with Gasteiger partial charge in [-0.2, -0.15) is 0 Å². The van der Waals surface area contributed by atoms with Crippen LogP contribution in [0.3, 0.4) is 0 Å². The Hall–Kier alpha value is -1.35. The zero-order valence-corrected chi connectivity index (χ0v) is 11.1. The number of unbranched alkanes of at least 4 members (excludes halogenated alkanes) is 1. The molecule has 0 aliphatic rings. The Morgan fingerprint density at radius 3 is 2.41 bits per heavy atom. The number of nitrogens with zero attached hydrogens (tertiary/aromatic N) is 1. The number of allylic oxidation sites excluding steroid dienone is 3. The lowest BCUT2D eigenvalue weighted by Crippen LogP contribution is -2.28. The van der Waals surface area contributed by atoms with Gasteiger partial charge in [-0.15, -0.1) is 0 Å². The van der Waals surface area contributed by atoms with Gasteiger partial charge in [0.25, 0.3) is 0 Å². The third-order valence-corrected chi connectivity index (χ3v) is 2.42. The highest BCUT2D eigenvalue weighted by Crippen LogP contribution is 2.09. The van der Waals surface area contributed by atoms with Crippen LogP contribution in [0.4, 0.5) is 0 Å². The number of aliphatic hydroxyl groups excluding tert-OH is 1. The summed E-state index contributed by atoms with van der Waals surface area (Å²) >= 11 is 0. The van der Waals surface area contributed by atoms with Gasteiger partial charge in [0, 0.05) is 19.2 Å². The molecule has 1 N–H and O–H groups in total. The highest BCUT2D eigenvalue weighted by atomic mass is 16.3. The Morgan fingerprint density at radius 1 is 1.35 bits per heavy atom. The minimum absolute atomic E-state index is 0.0136. The van der Waals surface area contributed by atoms with Crippen LogP contribution in [0, 0.1) is 0 Å². The van der Waals surface area contributed by atoms with E-state index in [-0.39, 0.29) is 12.5 Å². The van der Waals surface area contributed by atoms with Crippen LogP contribution < -0.4 is 0 Å². The molecular formula is C14H23NO2. The van der Waals surface area contributed by atoms with Gasteiger partial charge in [-0.25, -0.2) is 0 Å². The zero-order valence-electron chi connectivity index (χ0n) is 11.1. The van der Waals surface area contributed by atoms with E-state index in [2.05, 4.69) is 13.5 Å². The van der Waals surface area contributed by atoms with E-state index >= 15 is 0 Å². The van der Waals surface area contributed by atoms with Crippen LogP contribution in [-0.4, -0.2) is 29.1 Å².